The molecule has 1 nitrogen and oxygen atoms in total. The summed E-state index contributed by atoms with van der Waals surface area (Å²) in [5.74, 6) is 0. The summed E-state index contributed by atoms with van der Waals surface area (Å²) in [6.45, 7) is 16.5. The second-order valence-corrected chi connectivity index (χ2v) is 10.5. The zero-order valence-corrected chi connectivity index (χ0v) is 14.3. The molecule has 0 bridgehead atoms. The molecule has 2 heteroatoms. The van der Waals surface area contributed by atoms with Crippen LogP contribution in [0.25, 0.3) is 0 Å². The monoisotopic (exact) mass is 269 g/mol. The largest absolute Gasteiger partial charge is 0.383 e. The van der Waals surface area contributed by atoms with Crippen LogP contribution >= 0.6 is 7.92 Å². The van der Waals surface area contributed by atoms with Gasteiger partial charge >= 0.3 is 0 Å². The van der Waals surface area contributed by atoms with Gasteiger partial charge in [-0.05, 0) is 63.1 Å². The van der Waals surface area contributed by atoms with Crippen LogP contribution < -0.4 is 5.32 Å². The number of hydrogen-bond acceptors (Lipinski definition) is 1. The molecule has 1 aliphatic carbocycles. The molecule has 18 heavy (non-hydrogen) atoms. The lowest BCUT2D eigenvalue weighted by Gasteiger charge is -2.36. The molecular formula is C16H32NP. The Hall–Kier alpha value is -0.0300. The van der Waals surface area contributed by atoms with E-state index in [1.807, 2.05) is 0 Å². The van der Waals surface area contributed by atoms with Gasteiger partial charge in [0.15, 0.2) is 0 Å². The van der Waals surface area contributed by atoms with E-state index in [0.29, 0.717) is 0 Å². The van der Waals surface area contributed by atoms with Crippen LogP contribution in [-0.2, 0) is 0 Å². The van der Waals surface area contributed by atoms with E-state index < -0.39 is 0 Å². The van der Waals surface area contributed by atoms with E-state index in [1.165, 1.54) is 25.7 Å². The Kier molecular flexibility index (Phi) is 5.71. The second kappa shape index (κ2) is 6.42. The molecule has 0 aromatic rings. The van der Waals surface area contributed by atoms with E-state index in [0.717, 1.165) is 11.3 Å². The third kappa shape index (κ3) is 4.57. The summed E-state index contributed by atoms with van der Waals surface area (Å²) < 4.78 is 0. The van der Waals surface area contributed by atoms with Gasteiger partial charge in [-0.15, -0.1) is 0 Å². The molecule has 0 saturated heterocycles. The van der Waals surface area contributed by atoms with E-state index in [2.05, 4.69) is 53.8 Å². The van der Waals surface area contributed by atoms with Crippen molar-refractivity contribution in [2.75, 3.05) is 0 Å². The van der Waals surface area contributed by atoms with Gasteiger partial charge in [0.1, 0.15) is 0 Å². The maximum atomic E-state index is 3.79. The molecule has 1 aliphatic rings. The highest BCUT2D eigenvalue weighted by atomic mass is 31.1. The number of rotatable bonds is 4. The molecule has 106 valence electrons. The van der Waals surface area contributed by atoms with Crippen LogP contribution in [-0.4, -0.2) is 16.9 Å². The fourth-order valence-electron chi connectivity index (χ4n) is 2.98. The van der Waals surface area contributed by atoms with E-state index >= 15 is 0 Å². The molecule has 0 atom stereocenters. The highest BCUT2D eigenvalue weighted by molar-refractivity contribution is 7.63. The molecular weight excluding hydrogens is 237 g/mol. The first-order valence-corrected chi connectivity index (χ1v) is 8.99. The normalized spacial score (nSPS) is 18.1. The SMILES string of the molecule is CC(C)P(C1=C(NC(C)(C)C)CCCC1)C(C)C. The average Bonchev–Trinajstić information content (AvgIpc) is 2.17. The molecule has 0 fully saturated rings. The van der Waals surface area contributed by atoms with Gasteiger partial charge in [0.2, 0.25) is 0 Å². The van der Waals surface area contributed by atoms with Gasteiger partial charge < -0.3 is 5.32 Å². The van der Waals surface area contributed by atoms with E-state index in [4.69, 9.17) is 0 Å². The lowest BCUT2D eigenvalue weighted by molar-refractivity contribution is 0.450. The first-order valence-electron chi connectivity index (χ1n) is 7.51. The predicted octanol–water partition coefficient (Wildman–Crippen LogP) is 5.46. The molecule has 0 aromatic carbocycles. The third-order valence-electron chi connectivity index (χ3n) is 3.39. The van der Waals surface area contributed by atoms with Gasteiger partial charge in [-0.2, -0.15) is 0 Å². The Labute approximate surface area is 116 Å². The van der Waals surface area contributed by atoms with Gasteiger partial charge in [0, 0.05) is 11.2 Å². The van der Waals surface area contributed by atoms with Crippen LogP contribution in [0.4, 0.5) is 0 Å². The van der Waals surface area contributed by atoms with Gasteiger partial charge in [0.05, 0.1) is 0 Å². The van der Waals surface area contributed by atoms with Gasteiger partial charge in [-0.25, -0.2) is 0 Å². The molecule has 0 aromatic heterocycles. The minimum Gasteiger partial charge on any atom is -0.383 e. The Balaban J connectivity index is 3.03. The fraction of sp³-hybridized carbons (Fsp3) is 0.875. The second-order valence-electron chi connectivity index (χ2n) is 7.10. The van der Waals surface area contributed by atoms with Gasteiger partial charge in [-0.1, -0.05) is 35.6 Å². The van der Waals surface area contributed by atoms with Crippen molar-refractivity contribution in [3.8, 4) is 0 Å². The Bertz CT molecular complexity index is 289. The van der Waals surface area contributed by atoms with Crippen molar-refractivity contribution in [1.82, 2.24) is 5.32 Å². The maximum Gasteiger partial charge on any atom is 0.0286 e. The van der Waals surface area contributed by atoms with Crippen LogP contribution in [0.2, 0.25) is 0 Å². The molecule has 0 unspecified atom stereocenters. The Morgan fingerprint density at radius 1 is 0.944 bits per heavy atom. The Morgan fingerprint density at radius 2 is 1.44 bits per heavy atom. The lowest BCUT2D eigenvalue weighted by Crippen LogP contribution is -2.36. The third-order valence-corrected chi connectivity index (χ3v) is 6.73. The number of nitrogens with one attached hydrogen (secondary N) is 1. The summed E-state index contributed by atoms with van der Waals surface area (Å²) >= 11 is 0. The summed E-state index contributed by atoms with van der Waals surface area (Å²) in [6.07, 6.45) is 5.36. The summed E-state index contributed by atoms with van der Waals surface area (Å²) in [6, 6.07) is 0. The number of allylic oxidation sites excluding steroid dienone is 2. The summed E-state index contributed by atoms with van der Waals surface area (Å²) in [4.78, 5) is 0. The average molecular weight is 269 g/mol. The van der Waals surface area contributed by atoms with Crippen molar-refractivity contribution in [2.45, 2.75) is 91.0 Å². The van der Waals surface area contributed by atoms with Gasteiger partial charge in [-0.3, -0.25) is 0 Å². The van der Waals surface area contributed by atoms with Crippen molar-refractivity contribution >= 4 is 7.92 Å². The summed E-state index contributed by atoms with van der Waals surface area (Å²) in [7, 11) is 0.0280. The topological polar surface area (TPSA) is 12.0 Å². The predicted molar refractivity (Wildman–Crippen MR) is 85.6 cm³/mol. The van der Waals surface area contributed by atoms with E-state index in [1.54, 1.807) is 11.0 Å². The molecule has 1 N–H and O–H groups in total. The molecule has 0 aliphatic heterocycles. The van der Waals surface area contributed by atoms with Crippen molar-refractivity contribution in [3.05, 3.63) is 11.0 Å². The highest BCUT2D eigenvalue weighted by Gasteiger charge is 2.27. The van der Waals surface area contributed by atoms with E-state index in [-0.39, 0.29) is 13.5 Å². The quantitative estimate of drug-likeness (QED) is 0.668. The molecule has 0 spiro atoms. The summed E-state index contributed by atoms with van der Waals surface area (Å²) in [5, 5.41) is 5.58. The first kappa shape index (κ1) is 16.0. The molecule has 1 rings (SSSR count). The van der Waals surface area contributed by atoms with Crippen LogP contribution in [0.5, 0.6) is 0 Å². The fourth-order valence-corrected chi connectivity index (χ4v) is 6.32. The van der Waals surface area contributed by atoms with Crippen LogP contribution in [0.1, 0.15) is 74.1 Å². The van der Waals surface area contributed by atoms with Crippen LogP contribution in [0.15, 0.2) is 11.0 Å². The number of hydrogen-bond donors (Lipinski definition) is 1. The van der Waals surface area contributed by atoms with Crippen LogP contribution in [0, 0.1) is 0 Å². The van der Waals surface area contributed by atoms with Crippen molar-refractivity contribution in [2.24, 2.45) is 0 Å². The first-order chi connectivity index (χ1) is 8.22. The smallest absolute Gasteiger partial charge is 0.0286 e. The van der Waals surface area contributed by atoms with Gasteiger partial charge in [0.25, 0.3) is 0 Å². The highest BCUT2D eigenvalue weighted by Crippen LogP contribution is 2.57. The minimum absolute atomic E-state index is 0.0280. The zero-order chi connectivity index (χ0) is 13.9. The Morgan fingerprint density at radius 3 is 1.89 bits per heavy atom. The lowest BCUT2D eigenvalue weighted by atomic mass is 10.0. The van der Waals surface area contributed by atoms with E-state index in [9.17, 15) is 0 Å². The minimum atomic E-state index is 0.0280. The molecule has 0 heterocycles. The molecule has 0 amide bonds. The zero-order valence-electron chi connectivity index (χ0n) is 13.4. The molecule has 0 radical (unpaired) electrons. The van der Waals surface area contributed by atoms with Crippen molar-refractivity contribution in [3.63, 3.8) is 0 Å². The molecule has 0 saturated carbocycles. The van der Waals surface area contributed by atoms with Crippen LogP contribution in [0.3, 0.4) is 0 Å². The van der Waals surface area contributed by atoms with Crippen molar-refractivity contribution in [1.29, 1.82) is 0 Å². The summed E-state index contributed by atoms with van der Waals surface area (Å²) in [5.41, 5.74) is 3.41. The van der Waals surface area contributed by atoms with Crippen molar-refractivity contribution < 1.29 is 0 Å². The maximum absolute atomic E-state index is 3.79. The standard InChI is InChI=1S/C16H32NP/c1-12(2)18(13(3)4)15-11-9-8-10-14(15)17-16(5,6)7/h12-13,17H,8-11H2,1-7H3.